The van der Waals surface area contributed by atoms with Gasteiger partial charge in [0.15, 0.2) is 0 Å². The maximum Gasteiger partial charge on any atom is 0.102 e. The summed E-state index contributed by atoms with van der Waals surface area (Å²) in [5.74, 6) is 0.682. The second-order valence-electron chi connectivity index (χ2n) is 6.11. The van der Waals surface area contributed by atoms with E-state index in [4.69, 9.17) is 11.0 Å². The Bertz CT molecular complexity index is 259. The Kier molecular flexibility index (Phi) is 5.42. The third kappa shape index (κ3) is 5.06. The fraction of sp³-hybridized carbons (Fsp3) is 0.929. The summed E-state index contributed by atoms with van der Waals surface area (Å²) in [7, 11) is 0. The van der Waals surface area contributed by atoms with Gasteiger partial charge in [0.2, 0.25) is 0 Å². The molecular weight excluding hydrogens is 210 g/mol. The van der Waals surface area contributed by atoms with Crippen molar-refractivity contribution in [1.82, 2.24) is 4.90 Å². The minimum Gasteiger partial charge on any atom is -0.314 e. The summed E-state index contributed by atoms with van der Waals surface area (Å²) in [4.78, 5) is 2.56. The fourth-order valence-corrected chi connectivity index (χ4v) is 2.59. The lowest BCUT2D eigenvalue weighted by Crippen LogP contribution is -2.43. The van der Waals surface area contributed by atoms with E-state index in [9.17, 15) is 0 Å². The zero-order valence-electron chi connectivity index (χ0n) is 11.6. The van der Waals surface area contributed by atoms with Gasteiger partial charge in [-0.05, 0) is 32.1 Å². The van der Waals surface area contributed by atoms with E-state index < -0.39 is 5.54 Å². The number of rotatable bonds is 6. The molecular formula is C14H27N3. The van der Waals surface area contributed by atoms with E-state index in [0.717, 1.165) is 25.6 Å². The largest absolute Gasteiger partial charge is 0.314 e. The lowest BCUT2D eigenvalue weighted by atomic mass is 10.00. The minimum absolute atomic E-state index is 0.673. The maximum atomic E-state index is 8.96. The molecule has 0 saturated heterocycles. The first kappa shape index (κ1) is 14.5. The van der Waals surface area contributed by atoms with Crippen LogP contribution in [0.1, 0.15) is 52.9 Å². The number of nitrogens with zero attached hydrogens (tertiary/aromatic N) is 2. The number of nitrogens with two attached hydrogens (primary N) is 1. The lowest BCUT2D eigenvalue weighted by molar-refractivity contribution is 0.167. The van der Waals surface area contributed by atoms with Crippen LogP contribution in [-0.4, -0.2) is 29.6 Å². The van der Waals surface area contributed by atoms with Gasteiger partial charge in [0.25, 0.3) is 0 Å². The van der Waals surface area contributed by atoms with E-state index in [1.165, 1.54) is 25.7 Å². The molecule has 0 spiro atoms. The van der Waals surface area contributed by atoms with Gasteiger partial charge in [-0.15, -0.1) is 0 Å². The zero-order valence-corrected chi connectivity index (χ0v) is 11.6. The van der Waals surface area contributed by atoms with Crippen LogP contribution in [0.25, 0.3) is 0 Å². The molecule has 3 nitrogen and oxygen atoms in total. The van der Waals surface area contributed by atoms with E-state index in [1.807, 2.05) is 6.92 Å². The Morgan fingerprint density at radius 2 is 2.00 bits per heavy atom. The lowest BCUT2D eigenvalue weighted by Gasteiger charge is -2.32. The van der Waals surface area contributed by atoms with Crippen LogP contribution >= 0.6 is 0 Å². The van der Waals surface area contributed by atoms with Crippen molar-refractivity contribution in [2.24, 2.45) is 11.7 Å². The van der Waals surface area contributed by atoms with Crippen molar-refractivity contribution in [2.75, 3.05) is 13.1 Å². The SMILES string of the molecule is CC(C)CN(CCC(C)(N)C#N)C1CCCC1. The average molecular weight is 237 g/mol. The standard InChI is InChI=1S/C14H27N3/c1-12(2)10-17(13-6-4-5-7-13)9-8-14(3,16)11-15/h12-13H,4-10,16H2,1-3H3. The normalized spacial score (nSPS) is 20.8. The van der Waals surface area contributed by atoms with Crippen LogP contribution in [0.15, 0.2) is 0 Å². The molecule has 0 radical (unpaired) electrons. The summed E-state index contributed by atoms with van der Waals surface area (Å²) in [6, 6.07) is 2.92. The Hall–Kier alpha value is -0.590. The predicted molar refractivity (Wildman–Crippen MR) is 71.5 cm³/mol. The van der Waals surface area contributed by atoms with E-state index in [-0.39, 0.29) is 0 Å². The Morgan fingerprint density at radius 1 is 1.41 bits per heavy atom. The van der Waals surface area contributed by atoms with Crippen molar-refractivity contribution < 1.29 is 0 Å². The second kappa shape index (κ2) is 6.37. The van der Waals surface area contributed by atoms with Gasteiger partial charge in [-0.2, -0.15) is 5.26 Å². The molecule has 3 heteroatoms. The molecule has 2 N–H and O–H groups in total. The summed E-state index contributed by atoms with van der Waals surface area (Å²) in [6.45, 7) is 8.44. The van der Waals surface area contributed by atoms with Gasteiger partial charge >= 0.3 is 0 Å². The second-order valence-corrected chi connectivity index (χ2v) is 6.11. The van der Waals surface area contributed by atoms with Crippen LogP contribution in [0, 0.1) is 17.2 Å². The van der Waals surface area contributed by atoms with E-state index in [2.05, 4.69) is 24.8 Å². The molecule has 1 aliphatic rings. The topological polar surface area (TPSA) is 53.0 Å². The summed E-state index contributed by atoms with van der Waals surface area (Å²) >= 11 is 0. The smallest absolute Gasteiger partial charge is 0.102 e. The average Bonchev–Trinajstić information content (AvgIpc) is 2.77. The van der Waals surface area contributed by atoms with Crippen molar-refractivity contribution in [3.8, 4) is 6.07 Å². The highest BCUT2D eigenvalue weighted by atomic mass is 15.2. The van der Waals surface area contributed by atoms with E-state index in [0.29, 0.717) is 5.92 Å². The van der Waals surface area contributed by atoms with Crippen molar-refractivity contribution in [3.05, 3.63) is 0 Å². The number of hydrogen-bond donors (Lipinski definition) is 1. The summed E-state index contributed by atoms with van der Waals surface area (Å²) in [6.07, 6.45) is 6.13. The van der Waals surface area contributed by atoms with Crippen LogP contribution in [0.3, 0.4) is 0 Å². The van der Waals surface area contributed by atoms with Crippen molar-refractivity contribution in [3.63, 3.8) is 0 Å². The summed E-state index contributed by atoms with van der Waals surface area (Å²) in [5, 5.41) is 8.96. The van der Waals surface area contributed by atoms with E-state index >= 15 is 0 Å². The molecule has 0 amide bonds. The maximum absolute atomic E-state index is 8.96. The van der Waals surface area contributed by atoms with Gasteiger partial charge in [0, 0.05) is 19.1 Å². The van der Waals surface area contributed by atoms with E-state index in [1.54, 1.807) is 0 Å². The van der Waals surface area contributed by atoms with Crippen LogP contribution < -0.4 is 5.73 Å². The Morgan fingerprint density at radius 3 is 2.47 bits per heavy atom. The van der Waals surface area contributed by atoms with Gasteiger partial charge < -0.3 is 10.6 Å². The highest BCUT2D eigenvalue weighted by molar-refractivity contribution is 5.01. The van der Waals surface area contributed by atoms with Crippen LogP contribution in [0.2, 0.25) is 0 Å². The number of nitriles is 1. The van der Waals surface area contributed by atoms with Crippen LogP contribution in [-0.2, 0) is 0 Å². The minimum atomic E-state index is -0.673. The quantitative estimate of drug-likeness (QED) is 0.772. The first-order valence-electron chi connectivity index (χ1n) is 6.89. The molecule has 1 aliphatic carbocycles. The summed E-state index contributed by atoms with van der Waals surface area (Å²) in [5.41, 5.74) is 5.23. The fourth-order valence-electron chi connectivity index (χ4n) is 2.59. The van der Waals surface area contributed by atoms with Crippen molar-refractivity contribution >= 4 is 0 Å². The molecule has 0 bridgehead atoms. The molecule has 0 aliphatic heterocycles. The summed E-state index contributed by atoms with van der Waals surface area (Å²) < 4.78 is 0. The first-order chi connectivity index (χ1) is 7.94. The molecule has 1 unspecified atom stereocenters. The van der Waals surface area contributed by atoms with Crippen molar-refractivity contribution in [2.45, 2.75) is 64.5 Å². The predicted octanol–water partition coefficient (Wildman–Crippen LogP) is 2.52. The first-order valence-corrected chi connectivity index (χ1v) is 6.89. The van der Waals surface area contributed by atoms with Crippen LogP contribution in [0.4, 0.5) is 0 Å². The third-order valence-corrected chi connectivity index (χ3v) is 3.61. The highest BCUT2D eigenvalue weighted by Crippen LogP contribution is 2.25. The molecule has 98 valence electrons. The van der Waals surface area contributed by atoms with Gasteiger partial charge in [-0.25, -0.2) is 0 Å². The van der Waals surface area contributed by atoms with Gasteiger partial charge in [0.1, 0.15) is 5.54 Å². The molecule has 1 atom stereocenters. The molecule has 0 aromatic rings. The molecule has 1 rings (SSSR count). The Labute approximate surface area is 106 Å². The van der Waals surface area contributed by atoms with Crippen molar-refractivity contribution in [1.29, 1.82) is 5.26 Å². The number of hydrogen-bond acceptors (Lipinski definition) is 3. The molecule has 0 aromatic carbocycles. The molecule has 1 saturated carbocycles. The zero-order chi connectivity index (χ0) is 12.9. The molecule has 1 fully saturated rings. The van der Waals surface area contributed by atoms with Gasteiger partial charge in [0.05, 0.1) is 6.07 Å². The molecule has 17 heavy (non-hydrogen) atoms. The highest BCUT2D eigenvalue weighted by Gasteiger charge is 2.25. The monoisotopic (exact) mass is 237 g/mol. The molecule has 0 heterocycles. The third-order valence-electron chi connectivity index (χ3n) is 3.61. The molecule has 0 aromatic heterocycles. The Balaban J connectivity index is 2.49. The van der Waals surface area contributed by atoms with Gasteiger partial charge in [-0.1, -0.05) is 26.7 Å². The van der Waals surface area contributed by atoms with Gasteiger partial charge in [-0.3, -0.25) is 0 Å². The van der Waals surface area contributed by atoms with Crippen LogP contribution in [0.5, 0.6) is 0 Å².